The van der Waals surface area contributed by atoms with Crippen molar-refractivity contribution < 1.29 is 37.9 Å². The van der Waals surface area contributed by atoms with Crippen molar-refractivity contribution in [3.05, 3.63) is 41.6 Å². The summed E-state index contributed by atoms with van der Waals surface area (Å²) in [6, 6.07) is 7.19. The maximum atomic E-state index is 14.9. The fourth-order valence-electron chi connectivity index (χ4n) is 8.48. The van der Waals surface area contributed by atoms with Crippen LogP contribution in [0, 0.1) is 29.1 Å². The van der Waals surface area contributed by atoms with E-state index in [2.05, 4.69) is 15.3 Å². The number of rotatable bonds is 17. The maximum Gasteiger partial charge on any atom is 0.296 e. The number of carbonyl (C=O) groups is 5. The summed E-state index contributed by atoms with van der Waals surface area (Å²) in [5.74, 6) is -3.18. The molecule has 1 aliphatic heterocycles. The largest absolute Gasteiger partial charge is 0.497 e. The molecule has 3 fully saturated rings. The molecule has 3 aromatic rings. The molecule has 1 saturated heterocycles. The van der Waals surface area contributed by atoms with E-state index in [9.17, 15) is 24.0 Å². The molecule has 3 heterocycles. The smallest absolute Gasteiger partial charge is 0.296 e. The summed E-state index contributed by atoms with van der Waals surface area (Å²) in [5.41, 5.74) is 5.89. The molecule has 2 amide bonds. The summed E-state index contributed by atoms with van der Waals surface area (Å²) in [5, 5.41) is 3.75. The Morgan fingerprint density at radius 2 is 1.77 bits per heavy atom. The first-order valence-corrected chi connectivity index (χ1v) is 20.3. The van der Waals surface area contributed by atoms with Crippen LogP contribution >= 0.6 is 11.6 Å². The molecule has 3 N–H and O–H groups in total. The van der Waals surface area contributed by atoms with E-state index in [1.165, 1.54) is 11.1 Å². The number of pyridine rings is 1. The number of nitrogens with zero attached hydrogens (tertiary/aromatic N) is 3. The fourth-order valence-corrected chi connectivity index (χ4v) is 8.59. The predicted octanol–water partition coefficient (Wildman–Crippen LogP) is 6.74. The highest BCUT2D eigenvalue weighted by atomic mass is 35.5. The van der Waals surface area contributed by atoms with Crippen LogP contribution in [0.25, 0.3) is 11.1 Å². The minimum atomic E-state index is -1.07. The average molecular weight is 792 g/mol. The van der Waals surface area contributed by atoms with Crippen LogP contribution in [-0.4, -0.2) is 75.9 Å². The first-order chi connectivity index (χ1) is 26.7. The predicted molar refractivity (Wildman–Crippen MR) is 210 cm³/mol. The minimum Gasteiger partial charge on any atom is -0.497 e. The molecular weight excluding hydrogens is 738 g/mol. The second-order valence-electron chi connectivity index (χ2n) is 16.9. The van der Waals surface area contributed by atoms with Crippen LogP contribution in [0.15, 0.2) is 40.9 Å². The number of benzene rings is 1. The molecule has 14 heteroatoms. The Balaban J connectivity index is 1.26. The van der Waals surface area contributed by atoms with Crippen LogP contribution in [0.4, 0.5) is 6.01 Å². The van der Waals surface area contributed by atoms with Gasteiger partial charge in [0.05, 0.1) is 30.8 Å². The van der Waals surface area contributed by atoms with Crippen LogP contribution in [0.5, 0.6) is 11.6 Å². The molecule has 2 aromatic heterocycles. The molecule has 3 aliphatic rings. The van der Waals surface area contributed by atoms with Gasteiger partial charge in [0.1, 0.15) is 17.4 Å². The Kier molecular flexibility index (Phi) is 13.0. The van der Waals surface area contributed by atoms with Crippen LogP contribution < -0.4 is 20.5 Å². The van der Waals surface area contributed by atoms with Gasteiger partial charge < -0.3 is 29.8 Å². The van der Waals surface area contributed by atoms with Crippen molar-refractivity contribution in [2.45, 2.75) is 116 Å². The van der Waals surface area contributed by atoms with Gasteiger partial charge >= 0.3 is 0 Å². The summed E-state index contributed by atoms with van der Waals surface area (Å²) in [7, 11) is 1.58. The number of ketones is 3. The summed E-state index contributed by atoms with van der Waals surface area (Å²) in [6.45, 7) is 5.81. The topological polar surface area (TPSA) is 184 Å². The third kappa shape index (κ3) is 9.88. The number of fused-ring (bicyclic) bond motifs is 1. The molecule has 1 unspecified atom stereocenters. The first-order valence-electron chi connectivity index (χ1n) is 19.9. The van der Waals surface area contributed by atoms with Crippen LogP contribution in [-0.2, 0) is 24.0 Å². The lowest BCUT2D eigenvalue weighted by Gasteiger charge is -2.36. The summed E-state index contributed by atoms with van der Waals surface area (Å²) in [4.78, 5) is 79.2. The lowest BCUT2D eigenvalue weighted by molar-refractivity contribution is -0.147. The van der Waals surface area contributed by atoms with E-state index in [1.54, 1.807) is 37.4 Å². The SMILES string of the molecule is COc1ccc2oc(N[C@H](C(=O)C[C@H](C(=O)N3C[C@H](Oc4ccc(Cl)cn4)C[C@H]3C(=O)CC(CC3CCC3)C(=O)C(N)=O)C(C)(C)C)C3CCCCC3)nc2c1. The minimum absolute atomic E-state index is 0.0117. The van der Waals surface area contributed by atoms with E-state index in [0.29, 0.717) is 28.3 Å². The van der Waals surface area contributed by atoms with Gasteiger partial charge in [0.15, 0.2) is 17.1 Å². The van der Waals surface area contributed by atoms with E-state index in [4.69, 9.17) is 31.2 Å². The van der Waals surface area contributed by atoms with Gasteiger partial charge in [-0.1, -0.05) is 70.9 Å². The normalized spacial score (nSPS) is 20.8. The highest BCUT2D eigenvalue weighted by molar-refractivity contribution is 6.36. The highest BCUT2D eigenvalue weighted by Gasteiger charge is 2.47. The van der Waals surface area contributed by atoms with Crippen molar-refractivity contribution in [2.24, 2.45) is 34.8 Å². The summed E-state index contributed by atoms with van der Waals surface area (Å²) < 4.78 is 17.6. The van der Waals surface area contributed by atoms with Crippen molar-refractivity contribution >= 4 is 57.9 Å². The standard InChI is InChI=1S/C42H54ClN5O8/c1-42(2,3)30(21-34(50)37(25-11-6-5-7-12-25)47-41-46-31-19-28(54-4)14-15-35(31)56-41)40(53)48-23-29(55-36-16-13-27(43)22-45-36)20-32(48)33(49)18-26(38(51)39(44)52)17-24-9-8-10-24/h13-16,19,22,24-26,29-30,32,37H,5-12,17-18,20-21,23H2,1-4H3,(H2,44,52)(H,46,47)/t26?,29-,30-,32+,37+/m1/s1. The van der Waals surface area contributed by atoms with Gasteiger partial charge in [-0.25, -0.2) is 4.98 Å². The monoisotopic (exact) mass is 791 g/mol. The molecule has 0 spiro atoms. The molecule has 2 aliphatic carbocycles. The van der Waals surface area contributed by atoms with Crippen LogP contribution in [0.3, 0.4) is 0 Å². The number of amides is 2. The number of hydrogen-bond donors (Lipinski definition) is 2. The highest BCUT2D eigenvalue weighted by Crippen LogP contribution is 2.39. The Hall–Kier alpha value is -4.52. The number of ether oxygens (including phenoxy) is 2. The Labute approximate surface area is 332 Å². The van der Waals surface area contributed by atoms with Gasteiger partial charge in [-0.3, -0.25) is 24.0 Å². The zero-order valence-electron chi connectivity index (χ0n) is 32.8. The third-order valence-corrected chi connectivity index (χ3v) is 12.1. The van der Waals surface area contributed by atoms with Crippen molar-refractivity contribution in [1.29, 1.82) is 0 Å². The molecule has 0 bridgehead atoms. The molecule has 0 radical (unpaired) electrons. The van der Waals surface area contributed by atoms with Gasteiger partial charge in [0.25, 0.3) is 11.9 Å². The van der Waals surface area contributed by atoms with Gasteiger partial charge in [-0.2, -0.15) is 4.98 Å². The fraction of sp³-hybridized carbons (Fsp3) is 0.595. The average Bonchev–Trinajstić information content (AvgIpc) is 3.77. The number of anilines is 1. The number of likely N-dealkylation sites (tertiary alicyclic amines) is 1. The quantitative estimate of drug-likeness (QED) is 0.138. The number of methoxy groups -OCH3 is 1. The number of carbonyl (C=O) groups excluding carboxylic acids is 5. The van der Waals surface area contributed by atoms with Crippen molar-refractivity contribution in [3.8, 4) is 11.6 Å². The number of primary amides is 1. The van der Waals surface area contributed by atoms with Crippen molar-refractivity contribution in [2.75, 3.05) is 19.0 Å². The number of nitrogens with two attached hydrogens (primary N) is 1. The zero-order valence-corrected chi connectivity index (χ0v) is 33.5. The van der Waals surface area contributed by atoms with Crippen LogP contribution in [0.1, 0.15) is 97.8 Å². The molecule has 6 rings (SSSR count). The number of oxazole rings is 1. The second kappa shape index (κ2) is 17.7. The lowest BCUT2D eigenvalue weighted by atomic mass is 9.74. The molecule has 2 saturated carbocycles. The summed E-state index contributed by atoms with van der Waals surface area (Å²) >= 11 is 6.05. The number of nitrogens with one attached hydrogen (secondary N) is 1. The lowest BCUT2D eigenvalue weighted by Crippen LogP contribution is -2.49. The molecule has 302 valence electrons. The maximum absolute atomic E-state index is 14.9. The van der Waals surface area contributed by atoms with E-state index in [-0.39, 0.29) is 67.0 Å². The van der Waals surface area contributed by atoms with Gasteiger partial charge in [0.2, 0.25) is 17.6 Å². The number of halogens is 1. The second-order valence-corrected chi connectivity index (χ2v) is 17.3. The van der Waals surface area contributed by atoms with Crippen molar-refractivity contribution in [1.82, 2.24) is 14.9 Å². The summed E-state index contributed by atoms with van der Waals surface area (Å²) in [6.07, 6.45) is 8.73. The number of aromatic nitrogens is 2. The molecule has 56 heavy (non-hydrogen) atoms. The first kappa shape index (κ1) is 41.1. The number of Topliss-reactive ketones (excluding diaryl/α,β-unsaturated/α-hetero) is 3. The Bertz CT molecular complexity index is 1900. The Morgan fingerprint density at radius 1 is 1.02 bits per heavy atom. The van der Waals surface area contributed by atoms with Gasteiger partial charge in [-0.15, -0.1) is 0 Å². The molecule has 13 nitrogen and oxygen atoms in total. The molecular formula is C42H54ClN5O8. The van der Waals surface area contributed by atoms with Crippen LogP contribution in [0.2, 0.25) is 5.02 Å². The molecule has 5 atom stereocenters. The van der Waals surface area contributed by atoms with E-state index in [1.807, 2.05) is 20.8 Å². The van der Waals surface area contributed by atoms with Gasteiger partial charge in [-0.05, 0) is 54.7 Å². The third-order valence-electron chi connectivity index (χ3n) is 11.9. The van der Waals surface area contributed by atoms with E-state index >= 15 is 0 Å². The van der Waals surface area contributed by atoms with E-state index < -0.39 is 47.1 Å². The van der Waals surface area contributed by atoms with Gasteiger partial charge in [0, 0.05) is 49.4 Å². The van der Waals surface area contributed by atoms with Crippen molar-refractivity contribution in [3.63, 3.8) is 0 Å². The number of hydrogen-bond acceptors (Lipinski definition) is 11. The molecule has 1 aromatic carbocycles. The van der Waals surface area contributed by atoms with E-state index in [0.717, 1.165) is 51.4 Å². The zero-order chi connectivity index (χ0) is 40.1. The Morgan fingerprint density at radius 3 is 2.39 bits per heavy atom.